The maximum atomic E-state index is 12.5. The van der Waals surface area contributed by atoms with Crippen LogP contribution in [0.3, 0.4) is 0 Å². The first-order valence-electron chi connectivity index (χ1n) is 7.22. The fraction of sp³-hybridized carbons (Fsp3) is 0.500. The molecule has 0 spiro atoms. The normalized spacial score (nSPS) is 13.5. The molecule has 116 valence electrons. The van der Waals surface area contributed by atoms with Crippen molar-refractivity contribution >= 4 is 17.6 Å². The minimum Gasteiger partial charge on any atom is -0.481 e. The van der Waals surface area contributed by atoms with Gasteiger partial charge in [-0.2, -0.15) is 0 Å². The molecule has 0 aliphatic heterocycles. The zero-order chi connectivity index (χ0) is 16.0. The Morgan fingerprint density at radius 1 is 1.29 bits per heavy atom. The molecule has 0 aliphatic carbocycles. The number of aliphatic carboxylic acids is 1. The number of carboxylic acids is 1. The average molecular weight is 292 g/mol. The van der Waals surface area contributed by atoms with Crippen molar-refractivity contribution in [3.63, 3.8) is 0 Å². The summed E-state index contributed by atoms with van der Waals surface area (Å²) in [4.78, 5) is 24.8. The highest BCUT2D eigenvalue weighted by Crippen LogP contribution is 2.19. The number of benzene rings is 1. The molecule has 21 heavy (non-hydrogen) atoms. The summed E-state index contributed by atoms with van der Waals surface area (Å²) in [6.07, 6.45) is 0.695. The number of hydrogen-bond acceptors (Lipinski definition) is 3. The quantitative estimate of drug-likeness (QED) is 0.806. The van der Waals surface area contributed by atoms with Crippen LogP contribution >= 0.6 is 0 Å². The summed E-state index contributed by atoms with van der Waals surface area (Å²) in [6, 6.07) is 6.80. The highest BCUT2D eigenvalue weighted by Gasteiger charge is 2.26. The molecule has 0 saturated carbocycles. The van der Waals surface area contributed by atoms with E-state index >= 15 is 0 Å². The van der Waals surface area contributed by atoms with Gasteiger partial charge in [0.15, 0.2) is 0 Å². The van der Waals surface area contributed by atoms with E-state index in [1.807, 2.05) is 45.0 Å². The molecule has 5 nitrogen and oxygen atoms in total. The first kappa shape index (κ1) is 17.2. The summed E-state index contributed by atoms with van der Waals surface area (Å²) in [5, 5.41) is 8.86. The average Bonchev–Trinajstić information content (AvgIpc) is 2.47. The van der Waals surface area contributed by atoms with E-state index in [1.54, 1.807) is 0 Å². The number of amides is 1. The van der Waals surface area contributed by atoms with Gasteiger partial charge in [-0.05, 0) is 25.0 Å². The standard InChI is InChI=1S/C16H24N2O3/c1-4-12(3)15(17)16(21)18(10-9-14(19)20)13-7-5-11(2)6-8-13/h5-8,12,15H,4,9-10,17H2,1-3H3,(H,19,20). The van der Waals surface area contributed by atoms with E-state index < -0.39 is 12.0 Å². The lowest BCUT2D eigenvalue weighted by Gasteiger charge is -2.28. The first-order chi connectivity index (χ1) is 9.86. The van der Waals surface area contributed by atoms with Crippen molar-refractivity contribution in [1.29, 1.82) is 0 Å². The van der Waals surface area contributed by atoms with Crippen LogP contribution in [0.4, 0.5) is 5.69 Å². The molecule has 2 atom stereocenters. The summed E-state index contributed by atoms with van der Waals surface area (Å²) in [6.45, 7) is 5.98. The number of anilines is 1. The second-order valence-electron chi connectivity index (χ2n) is 5.38. The molecule has 0 aliphatic rings. The third kappa shape index (κ3) is 4.86. The number of hydrogen-bond donors (Lipinski definition) is 2. The third-order valence-corrected chi connectivity index (χ3v) is 3.70. The Bertz CT molecular complexity index is 485. The smallest absolute Gasteiger partial charge is 0.305 e. The number of aryl methyl sites for hydroxylation is 1. The van der Waals surface area contributed by atoms with Crippen LogP contribution in [0, 0.1) is 12.8 Å². The SMILES string of the molecule is CCC(C)C(N)C(=O)N(CCC(=O)O)c1ccc(C)cc1. The van der Waals surface area contributed by atoms with Gasteiger partial charge in [0.2, 0.25) is 5.91 Å². The van der Waals surface area contributed by atoms with Gasteiger partial charge in [-0.15, -0.1) is 0 Å². The van der Waals surface area contributed by atoms with Crippen molar-refractivity contribution in [1.82, 2.24) is 0 Å². The maximum absolute atomic E-state index is 12.5. The highest BCUT2D eigenvalue weighted by atomic mass is 16.4. The van der Waals surface area contributed by atoms with E-state index in [4.69, 9.17) is 10.8 Å². The van der Waals surface area contributed by atoms with E-state index in [0.717, 1.165) is 12.0 Å². The lowest BCUT2D eigenvalue weighted by Crippen LogP contribution is -2.48. The Balaban J connectivity index is 2.98. The van der Waals surface area contributed by atoms with Crippen LogP contribution in [0.15, 0.2) is 24.3 Å². The Morgan fingerprint density at radius 3 is 2.33 bits per heavy atom. The number of carboxylic acid groups (broad SMARTS) is 1. The van der Waals surface area contributed by atoms with Crippen LogP contribution in [0.1, 0.15) is 32.3 Å². The molecule has 1 rings (SSSR count). The van der Waals surface area contributed by atoms with E-state index in [0.29, 0.717) is 5.69 Å². The number of carbonyl (C=O) groups excluding carboxylic acids is 1. The highest BCUT2D eigenvalue weighted by molar-refractivity contribution is 5.97. The first-order valence-corrected chi connectivity index (χ1v) is 7.22. The van der Waals surface area contributed by atoms with E-state index in [2.05, 4.69) is 0 Å². The minimum atomic E-state index is -0.933. The van der Waals surface area contributed by atoms with Gasteiger partial charge in [0, 0.05) is 12.2 Å². The van der Waals surface area contributed by atoms with E-state index in [9.17, 15) is 9.59 Å². The van der Waals surface area contributed by atoms with E-state index in [-0.39, 0.29) is 24.8 Å². The predicted octanol–water partition coefficient (Wildman–Crippen LogP) is 2.18. The van der Waals surface area contributed by atoms with Gasteiger partial charge in [-0.3, -0.25) is 9.59 Å². The predicted molar refractivity (Wildman–Crippen MR) is 83.2 cm³/mol. The zero-order valence-electron chi connectivity index (χ0n) is 12.9. The Labute approximate surface area is 125 Å². The summed E-state index contributed by atoms with van der Waals surface area (Å²) >= 11 is 0. The van der Waals surface area contributed by atoms with Crippen molar-refractivity contribution in [3.05, 3.63) is 29.8 Å². The fourth-order valence-corrected chi connectivity index (χ4v) is 1.98. The summed E-state index contributed by atoms with van der Waals surface area (Å²) in [7, 11) is 0. The molecule has 0 heterocycles. The van der Waals surface area contributed by atoms with Crippen molar-refractivity contribution < 1.29 is 14.7 Å². The van der Waals surface area contributed by atoms with Gasteiger partial charge in [0.05, 0.1) is 12.5 Å². The molecular weight excluding hydrogens is 268 g/mol. The molecular formula is C16H24N2O3. The minimum absolute atomic E-state index is 0.0512. The summed E-state index contributed by atoms with van der Waals surface area (Å²) < 4.78 is 0. The molecule has 1 amide bonds. The Morgan fingerprint density at radius 2 is 1.86 bits per heavy atom. The molecule has 1 aromatic rings. The summed E-state index contributed by atoms with van der Waals surface area (Å²) in [5.41, 5.74) is 7.77. The number of carbonyl (C=O) groups is 2. The van der Waals surface area contributed by atoms with Crippen LogP contribution in [0.5, 0.6) is 0 Å². The van der Waals surface area contributed by atoms with Crippen molar-refractivity contribution in [2.75, 3.05) is 11.4 Å². The second kappa shape index (κ2) is 7.78. The summed E-state index contributed by atoms with van der Waals surface area (Å²) in [5.74, 6) is -1.11. The van der Waals surface area contributed by atoms with Crippen LogP contribution in [-0.2, 0) is 9.59 Å². The van der Waals surface area contributed by atoms with Gasteiger partial charge in [-0.1, -0.05) is 38.0 Å². The van der Waals surface area contributed by atoms with Gasteiger partial charge in [-0.25, -0.2) is 0 Å². The molecule has 3 N–H and O–H groups in total. The Hall–Kier alpha value is -1.88. The van der Waals surface area contributed by atoms with E-state index in [1.165, 1.54) is 4.90 Å². The van der Waals surface area contributed by atoms with Gasteiger partial charge in [0.25, 0.3) is 0 Å². The van der Waals surface area contributed by atoms with Crippen molar-refractivity contribution in [2.24, 2.45) is 11.7 Å². The van der Waals surface area contributed by atoms with Crippen molar-refractivity contribution in [2.45, 2.75) is 39.7 Å². The van der Waals surface area contributed by atoms with Crippen molar-refractivity contribution in [3.8, 4) is 0 Å². The Kier molecular flexibility index (Phi) is 6.37. The topological polar surface area (TPSA) is 83.6 Å². The number of nitrogens with zero attached hydrogens (tertiary/aromatic N) is 1. The lowest BCUT2D eigenvalue weighted by atomic mass is 9.98. The fourth-order valence-electron chi connectivity index (χ4n) is 1.98. The molecule has 1 aromatic carbocycles. The second-order valence-corrected chi connectivity index (χ2v) is 5.38. The number of nitrogens with two attached hydrogens (primary N) is 1. The van der Waals surface area contributed by atoms with Gasteiger partial charge in [0.1, 0.15) is 0 Å². The van der Waals surface area contributed by atoms with Crippen LogP contribution in [-0.4, -0.2) is 29.6 Å². The van der Waals surface area contributed by atoms with Crippen LogP contribution < -0.4 is 10.6 Å². The molecule has 2 unspecified atom stereocenters. The van der Waals surface area contributed by atoms with Gasteiger partial charge >= 0.3 is 5.97 Å². The zero-order valence-corrected chi connectivity index (χ0v) is 12.9. The lowest BCUT2D eigenvalue weighted by molar-refractivity contribution is -0.136. The monoisotopic (exact) mass is 292 g/mol. The third-order valence-electron chi connectivity index (χ3n) is 3.70. The number of rotatable bonds is 7. The molecule has 0 radical (unpaired) electrons. The molecule has 5 heteroatoms. The maximum Gasteiger partial charge on any atom is 0.305 e. The molecule has 0 saturated heterocycles. The molecule has 0 fully saturated rings. The molecule has 0 aromatic heterocycles. The molecule has 0 bridgehead atoms. The van der Waals surface area contributed by atoms with Crippen LogP contribution in [0.2, 0.25) is 0 Å². The van der Waals surface area contributed by atoms with Gasteiger partial charge < -0.3 is 15.7 Å². The largest absolute Gasteiger partial charge is 0.481 e. The van der Waals surface area contributed by atoms with Crippen LogP contribution in [0.25, 0.3) is 0 Å².